The topological polar surface area (TPSA) is 64.3 Å². The molecule has 0 saturated heterocycles. The van der Waals surface area contributed by atoms with E-state index in [1.807, 2.05) is 26.0 Å². The van der Waals surface area contributed by atoms with Gasteiger partial charge in [0.2, 0.25) is 5.91 Å². The van der Waals surface area contributed by atoms with Crippen LogP contribution >= 0.6 is 12.2 Å². The Hall–Kier alpha value is -1.46. The van der Waals surface area contributed by atoms with Gasteiger partial charge >= 0.3 is 0 Å². The second kappa shape index (κ2) is 7.21. The second-order valence-corrected chi connectivity index (χ2v) is 5.11. The molecular formula is C14H20N2O2S. The minimum absolute atomic E-state index is 0.0624. The molecule has 3 N–H and O–H groups in total. The monoisotopic (exact) mass is 280 g/mol. The lowest BCUT2D eigenvalue weighted by molar-refractivity contribution is -0.117. The van der Waals surface area contributed by atoms with Crippen molar-refractivity contribution in [3.05, 3.63) is 29.3 Å². The predicted octanol–water partition coefficient (Wildman–Crippen LogP) is 2.24. The zero-order valence-electron chi connectivity index (χ0n) is 11.5. The highest BCUT2D eigenvalue weighted by molar-refractivity contribution is 7.80. The first-order valence-corrected chi connectivity index (χ1v) is 6.54. The number of nitrogens with one attached hydrogen (secondary N) is 1. The number of thiocarbonyl (C=S) groups is 1. The normalized spacial score (nSPS) is 11.9. The summed E-state index contributed by atoms with van der Waals surface area (Å²) in [5.74, 6) is 0.107. The number of aryl methyl sites for hydroxylation is 1. The Morgan fingerprint density at radius 3 is 2.79 bits per heavy atom. The Morgan fingerprint density at radius 1 is 1.53 bits per heavy atom. The zero-order valence-corrected chi connectivity index (χ0v) is 12.3. The molecule has 0 aromatic heterocycles. The van der Waals surface area contributed by atoms with Crippen molar-refractivity contribution in [3.8, 4) is 0 Å². The minimum Gasteiger partial charge on any atom is -0.389 e. The van der Waals surface area contributed by atoms with E-state index in [0.29, 0.717) is 23.7 Å². The highest BCUT2D eigenvalue weighted by Crippen LogP contribution is 2.20. The molecule has 0 spiro atoms. The van der Waals surface area contributed by atoms with Crippen molar-refractivity contribution in [2.24, 2.45) is 11.7 Å². The lowest BCUT2D eigenvalue weighted by Crippen LogP contribution is -2.21. The van der Waals surface area contributed by atoms with E-state index in [1.165, 1.54) is 0 Å². The molecule has 1 unspecified atom stereocenters. The number of nitrogens with two attached hydrogens (primary N) is 1. The highest BCUT2D eigenvalue weighted by Gasteiger charge is 2.13. The summed E-state index contributed by atoms with van der Waals surface area (Å²) in [7, 11) is 1.62. The smallest absolute Gasteiger partial charge is 0.224 e. The van der Waals surface area contributed by atoms with Crippen LogP contribution in [0.2, 0.25) is 0 Å². The third-order valence-electron chi connectivity index (χ3n) is 2.78. The number of hydrogen-bond donors (Lipinski definition) is 2. The standard InChI is InChI=1S/C14H20N2O2S/c1-9(8-18-3)7-12(17)16-11-6-4-5-10(2)13(11)14(15)19/h4-6,9H,7-8H2,1-3H3,(H2,15,19)(H,16,17). The van der Waals surface area contributed by atoms with Crippen molar-refractivity contribution in [2.75, 3.05) is 19.0 Å². The molecule has 0 saturated carbocycles. The van der Waals surface area contributed by atoms with Gasteiger partial charge in [0.25, 0.3) is 0 Å². The first-order chi connectivity index (χ1) is 8.95. The summed E-state index contributed by atoms with van der Waals surface area (Å²) in [5.41, 5.74) is 8.05. The number of carbonyl (C=O) groups excluding carboxylic acids is 1. The van der Waals surface area contributed by atoms with Crippen LogP contribution in [0, 0.1) is 12.8 Å². The molecule has 1 atom stereocenters. The predicted molar refractivity (Wildman–Crippen MR) is 81.4 cm³/mol. The molecule has 1 amide bonds. The van der Waals surface area contributed by atoms with Gasteiger partial charge in [0.15, 0.2) is 0 Å². The van der Waals surface area contributed by atoms with E-state index >= 15 is 0 Å². The molecule has 0 aliphatic heterocycles. The van der Waals surface area contributed by atoms with Gasteiger partial charge in [-0.15, -0.1) is 0 Å². The van der Waals surface area contributed by atoms with Crippen molar-refractivity contribution >= 4 is 28.8 Å². The molecule has 4 nitrogen and oxygen atoms in total. The molecule has 0 fully saturated rings. The molecule has 1 aromatic carbocycles. The lowest BCUT2D eigenvalue weighted by Gasteiger charge is -2.14. The van der Waals surface area contributed by atoms with E-state index < -0.39 is 0 Å². The third kappa shape index (κ3) is 4.61. The Morgan fingerprint density at radius 2 is 2.21 bits per heavy atom. The molecule has 0 bridgehead atoms. The van der Waals surface area contributed by atoms with Crippen LogP contribution in [-0.2, 0) is 9.53 Å². The van der Waals surface area contributed by atoms with Gasteiger partial charge in [-0.2, -0.15) is 0 Å². The van der Waals surface area contributed by atoms with Gasteiger partial charge in [-0.25, -0.2) is 0 Å². The summed E-state index contributed by atoms with van der Waals surface area (Å²) in [5, 5.41) is 2.86. The summed E-state index contributed by atoms with van der Waals surface area (Å²) in [6.45, 7) is 4.44. The van der Waals surface area contributed by atoms with Gasteiger partial charge in [-0.05, 0) is 24.5 Å². The third-order valence-corrected chi connectivity index (χ3v) is 2.98. The molecule has 0 aliphatic rings. The SMILES string of the molecule is COCC(C)CC(=O)Nc1cccc(C)c1C(N)=S. The van der Waals surface area contributed by atoms with Gasteiger partial charge in [0.05, 0.1) is 5.69 Å². The van der Waals surface area contributed by atoms with Gasteiger partial charge in [0.1, 0.15) is 4.99 Å². The number of hydrogen-bond acceptors (Lipinski definition) is 3. The van der Waals surface area contributed by atoms with Crippen LogP contribution in [0.25, 0.3) is 0 Å². The first kappa shape index (κ1) is 15.6. The quantitative estimate of drug-likeness (QED) is 0.784. The maximum Gasteiger partial charge on any atom is 0.224 e. The number of ether oxygens (including phenoxy) is 1. The van der Waals surface area contributed by atoms with Crippen molar-refractivity contribution in [1.82, 2.24) is 0 Å². The van der Waals surface area contributed by atoms with Crippen LogP contribution < -0.4 is 11.1 Å². The first-order valence-electron chi connectivity index (χ1n) is 6.14. The number of carbonyl (C=O) groups is 1. The summed E-state index contributed by atoms with van der Waals surface area (Å²) in [6, 6.07) is 5.59. The van der Waals surface area contributed by atoms with E-state index in [1.54, 1.807) is 13.2 Å². The largest absolute Gasteiger partial charge is 0.389 e. The van der Waals surface area contributed by atoms with E-state index in [9.17, 15) is 4.79 Å². The summed E-state index contributed by atoms with van der Waals surface area (Å²) in [4.78, 5) is 12.2. The lowest BCUT2D eigenvalue weighted by atomic mass is 10.1. The van der Waals surface area contributed by atoms with Crippen molar-refractivity contribution in [1.29, 1.82) is 0 Å². The average Bonchev–Trinajstić information content (AvgIpc) is 2.28. The maximum atomic E-state index is 11.9. The van der Waals surface area contributed by atoms with Crippen LogP contribution in [0.1, 0.15) is 24.5 Å². The molecule has 5 heteroatoms. The Kier molecular flexibility index (Phi) is 5.92. The van der Waals surface area contributed by atoms with E-state index in [-0.39, 0.29) is 11.8 Å². The minimum atomic E-state index is -0.0624. The fourth-order valence-corrected chi connectivity index (χ4v) is 2.23. The molecule has 0 radical (unpaired) electrons. The Labute approximate surface area is 119 Å². The highest BCUT2D eigenvalue weighted by atomic mass is 32.1. The fraction of sp³-hybridized carbons (Fsp3) is 0.429. The zero-order chi connectivity index (χ0) is 14.4. The van der Waals surface area contributed by atoms with E-state index in [2.05, 4.69) is 5.32 Å². The van der Waals surface area contributed by atoms with Gasteiger partial charge in [-0.1, -0.05) is 31.3 Å². The maximum absolute atomic E-state index is 11.9. The number of benzene rings is 1. The molecule has 1 aromatic rings. The number of methoxy groups -OCH3 is 1. The molecule has 104 valence electrons. The summed E-state index contributed by atoms with van der Waals surface area (Å²) < 4.78 is 5.01. The van der Waals surface area contributed by atoms with Crippen LogP contribution in [0.4, 0.5) is 5.69 Å². The molecule has 0 aliphatic carbocycles. The average molecular weight is 280 g/mol. The number of rotatable bonds is 6. The Bertz CT molecular complexity index is 475. The van der Waals surface area contributed by atoms with Gasteiger partial charge in [0, 0.05) is 25.7 Å². The van der Waals surface area contributed by atoms with E-state index in [4.69, 9.17) is 22.7 Å². The summed E-state index contributed by atoms with van der Waals surface area (Å²) in [6.07, 6.45) is 0.401. The molecule has 1 rings (SSSR count). The second-order valence-electron chi connectivity index (χ2n) is 4.67. The van der Waals surface area contributed by atoms with Crippen LogP contribution in [0.3, 0.4) is 0 Å². The molecule has 0 heterocycles. The Balaban J connectivity index is 2.80. The van der Waals surface area contributed by atoms with Crippen molar-refractivity contribution in [2.45, 2.75) is 20.3 Å². The van der Waals surface area contributed by atoms with Crippen molar-refractivity contribution in [3.63, 3.8) is 0 Å². The van der Waals surface area contributed by atoms with Gasteiger partial charge < -0.3 is 15.8 Å². The van der Waals surface area contributed by atoms with Crippen LogP contribution in [-0.4, -0.2) is 24.6 Å². The van der Waals surface area contributed by atoms with Crippen LogP contribution in [0.5, 0.6) is 0 Å². The number of amides is 1. The fourth-order valence-electron chi connectivity index (χ4n) is 1.96. The molecular weight excluding hydrogens is 260 g/mol. The van der Waals surface area contributed by atoms with E-state index in [0.717, 1.165) is 11.1 Å². The van der Waals surface area contributed by atoms with Crippen LogP contribution in [0.15, 0.2) is 18.2 Å². The van der Waals surface area contributed by atoms with Crippen molar-refractivity contribution < 1.29 is 9.53 Å². The van der Waals surface area contributed by atoms with Gasteiger partial charge in [-0.3, -0.25) is 4.79 Å². The number of anilines is 1. The molecule has 19 heavy (non-hydrogen) atoms. The summed E-state index contributed by atoms with van der Waals surface area (Å²) >= 11 is 5.03.